The summed E-state index contributed by atoms with van der Waals surface area (Å²) in [5, 5.41) is 22.7. The van der Waals surface area contributed by atoms with Gasteiger partial charge in [-0.2, -0.15) is 0 Å². The van der Waals surface area contributed by atoms with Crippen LogP contribution >= 0.6 is 11.6 Å². The number of ether oxygens (including phenoxy) is 1. The van der Waals surface area contributed by atoms with E-state index in [0.717, 1.165) is 47.5 Å². The number of anilines is 1. The molecule has 3 aromatic rings. The SMILES string of the molecule is CCOc1ccc(CCc2nc3cc(/C(C(C)=N)=C(\C)O)ccn3c2NC(C)(C)CC(C)(C)C)cc1Cl. The van der Waals surface area contributed by atoms with Crippen LogP contribution < -0.4 is 10.1 Å². The summed E-state index contributed by atoms with van der Waals surface area (Å²) in [6.07, 6.45) is 4.44. The Labute approximate surface area is 226 Å². The van der Waals surface area contributed by atoms with Crippen molar-refractivity contribution in [1.29, 1.82) is 5.41 Å². The van der Waals surface area contributed by atoms with E-state index >= 15 is 0 Å². The third kappa shape index (κ3) is 7.29. The number of fused-ring (bicyclic) bond motifs is 1. The molecule has 0 unspecified atom stereocenters. The first kappa shape index (κ1) is 28.6. The first-order valence-corrected chi connectivity index (χ1v) is 13.2. The van der Waals surface area contributed by atoms with Crippen molar-refractivity contribution in [2.45, 2.75) is 80.2 Å². The number of aliphatic hydroxyl groups is 1. The zero-order valence-electron chi connectivity index (χ0n) is 23.4. The van der Waals surface area contributed by atoms with Gasteiger partial charge in [0.05, 0.1) is 23.1 Å². The van der Waals surface area contributed by atoms with Gasteiger partial charge in [-0.1, -0.05) is 38.4 Å². The van der Waals surface area contributed by atoms with Crippen molar-refractivity contribution < 1.29 is 9.84 Å². The molecule has 6 nitrogen and oxygen atoms in total. The van der Waals surface area contributed by atoms with Crippen molar-refractivity contribution in [3.63, 3.8) is 0 Å². The standard InChI is InChI=1S/C30H41ClN4O2/c1-9-37-25-13-11-21(16-23(25)31)10-12-24-28(34-30(7,8)18-29(4,5)6)35-15-14-22(17-26(35)33-24)27(19(2)32)20(3)36/h11,13-17,32,34,36H,9-10,12,18H2,1-8H3/b27-20+,32-19?. The second kappa shape index (κ2) is 11.2. The third-order valence-electron chi connectivity index (χ3n) is 6.10. The van der Waals surface area contributed by atoms with Crippen LogP contribution in [0.4, 0.5) is 5.82 Å². The van der Waals surface area contributed by atoms with Gasteiger partial charge in [0.15, 0.2) is 0 Å². The molecule has 0 amide bonds. The molecule has 3 N–H and O–H groups in total. The Morgan fingerprint density at radius 3 is 2.38 bits per heavy atom. The molecule has 37 heavy (non-hydrogen) atoms. The van der Waals surface area contributed by atoms with Gasteiger partial charge in [0.2, 0.25) is 0 Å². The number of aromatic nitrogens is 2. The highest BCUT2D eigenvalue weighted by Gasteiger charge is 2.28. The molecule has 0 bridgehead atoms. The zero-order valence-corrected chi connectivity index (χ0v) is 24.2. The van der Waals surface area contributed by atoms with Crippen molar-refractivity contribution in [2.75, 3.05) is 11.9 Å². The second-order valence-electron chi connectivity index (χ2n) is 11.6. The first-order chi connectivity index (χ1) is 17.2. The summed E-state index contributed by atoms with van der Waals surface area (Å²) in [6, 6.07) is 9.81. The Morgan fingerprint density at radius 1 is 1.11 bits per heavy atom. The Bertz CT molecular complexity index is 1310. The van der Waals surface area contributed by atoms with Crippen LogP contribution in [0.3, 0.4) is 0 Å². The smallest absolute Gasteiger partial charge is 0.139 e. The summed E-state index contributed by atoms with van der Waals surface area (Å²) in [6.45, 7) is 17.0. The van der Waals surface area contributed by atoms with Crippen LogP contribution in [0.2, 0.25) is 5.02 Å². The molecular formula is C30H41ClN4O2. The number of imidazole rings is 1. The normalized spacial score (nSPS) is 13.0. The molecule has 0 aliphatic carbocycles. The fourth-order valence-corrected chi connectivity index (χ4v) is 5.44. The number of rotatable bonds is 10. The molecule has 0 saturated carbocycles. The lowest BCUT2D eigenvalue weighted by atomic mass is 9.82. The highest BCUT2D eigenvalue weighted by atomic mass is 35.5. The predicted octanol–water partition coefficient (Wildman–Crippen LogP) is 8.13. The number of aryl methyl sites for hydroxylation is 2. The Balaban J connectivity index is 2.03. The second-order valence-corrected chi connectivity index (χ2v) is 12.0. The third-order valence-corrected chi connectivity index (χ3v) is 6.39. The fraction of sp³-hybridized carbons (Fsp3) is 0.467. The summed E-state index contributed by atoms with van der Waals surface area (Å²) in [5.74, 6) is 1.79. The van der Waals surface area contributed by atoms with Gasteiger partial charge in [-0.3, -0.25) is 4.40 Å². The predicted molar refractivity (Wildman–Crippen MR) is 156 cm³/mol. The maximum absolute atomic E-state index is 10.2. The van der Waals surface area contributed by atoms with E-state index in [2.05, 4.69) is 50.4 Å². The van der Waals surface area contributed by atoms with E-state index < -0.39 is 0 Å². The van der Waals surface area contributed by atoms with Gasteiger partial charge >= 0.3 is 0 Å². The van der Waals surface area contributed by atoms with Gasteiger partial charge < -0.3 is 20.6 Å². The number of benzene rings is 1. The number of halogens is 1. The number of nitrogens with zero attached hydrogens (tertiary/aromatic N) is 2. The van der Waals surface area contributed by atoms with E-state index in [1.54, 1.807) is 13.8 Å². The molecule has 0 fully saturated rings. The molecule has 3 rings (SSSR count). The van der Waals surface area contributed by atoms with E-state index in [4.69, 9.17) is 26.7 Å². The summed E-state index contributed by atoms with van der Waals surface area (Å²) in [5.41, 5.74) is 4.45. The highest BCUT2D eigenvalue weighted by molar-refractivity contribution is 6.32. The van der Waals surface area contributed by atoms with Crippen LogP contribution in [-0.4, -0.2) is 32.3 Å². The topological polar surface area (TPSA) is 82.6 Å². The van der Waals surface area contributed by atoms with Gasteiger partial charge in [0.1, 0.15) is 17.2 Å². The molecule has 1 aromatic carbocycles. The minimum absolute atomic E-state index is 0.126. The number of aliphatic hydroxyl groups excluding tert-OH is 1. The number of allylic oxidation sites excluding steroid dienone is 2. The molecule has 200 valence electrons. The molecule has 0 atom stereocenters. The van der Waals surface area contributed by atoms with Gasteiger partial charge in [-0.25, -0.2) is 4.98 Å². The number of hydrogen-bond acceptors (Lipinski definition) is 5. The monoisotopic (exact) mass is 524 g/mol. The largest absolute Gasteiger partial charge is 0.512 e. The van der Waals surface area contributed by atoms with E-state index in [9.17, 15) is 5.11 Å². The van der Waals surface area contributed by atoms with E-state index in [-0.39, 0.29) is 16.7 Å². The van der Waals surface area contributed by atoms with Crippen LogP contribution in [0.5, 0.6) is 5.75 Å². The molecule has 2 heterocycles. The van der Waals surface area contributed by atoms with Gasteiger partial charge in [-0.05, 0) is 94.7 Å². The molecule has 0 radical (unpaired) electrons. The number of pyridine rings is 1. The van der Waals surface area contributed by atoms with Crippen molar-refractivity contribution >= 4 is 34.4 Å². The van der Waals surface area contributed by atoms with E-state index in [0.29, 0.717) is 28.7 Å². The number of hydrogen-bond donors (Lipinski definition) is 3. The quantitative estimate of drug-likeness (QED) is 0.185. The molecule has 0 aliphatic heterocycles. The van der Waals surface area contributed by atoms with Gasteiger partial charge in [-0.15, -0.1) is 0 Å². The average Bonchev–Trinajstić information content (AvgIpc) is 3.07. The molecule has 7 heteroatoms. The van der Waals surface area contributed by atoms with Crippen molar-refractivity contribution in [3.8, 4) is 5.75 Å². The van der Waals surface area contributed by atoms with Gasteiger partial charge in [0, 0.05) is 23.0 Å². The summed E-state index contributed by atoms with van der Waals surface area (Å²) in [4.78, 5) is 5.01. The Morgan fingerprint density at radius 2 is 1.81 bits per heavy atom. The van der Waals surface area contributed by atoms with Crippen molar-refractivity contribution in [2.24, 2.45) is 5.41 Å². The molecule has 0 spiro atoms. The lowest BCUT2D eigenvalue weighted by Crippen LogP contribution is -2.36. The number of nitrogens with one attached hydrogen (secondary N) is 2. The zero-order chi connectivity index (χ0) is 27.5. The lowest BCUT2D eigenvalue weighted by molar-refractivity contribution is 0.302. The van der Waals surface area contributed by atoms with E-state index in [1.165, 1.54) is 0 Å². The fourth-order valence-electron chi connectivity index (χ4n) is 5.18. The first-order valence-electron chi connectivity index (χ1n) is 12.9. The summed E-state index contributed by atoms with van der Waals surface area (Å²) >= 11 is 6.43. The van der Waals surface area contributed by atoms with Crippen LogP contribution in [0.25, 0.3) is 11.2 Å². The van der Waals surface area contributed by atoms with Crippen LogP contribution in [0.15, 0.2) is 42.3 Å². The summed E-state index contributed by atoms with van der Waals surface area (Å²) in [7, 11) is 0. The molecule has 2 aromatic heterocycles. The maximum atomic E-state index is 10.2. The van der Waals surface area contributed by atoms with Crippen molar-refractivity contribution in [1.82, 2.24) is 9.38 Å². The molecule has 0 saturated heterocycles. The molecule has 0 aliphatic rings. The Hall–Kier alpha value is -2.99. The van der Waals surface area contributed by atoms with Gasteiger partial charge in [0.25, 0.3) is 0 Å². The lowest BCUT2D eigenvalue weighted by Gasteiger charge is -2.34. The molecular weight excluding hydrogens is 484 g/mol. The van der Waals surface area contributed by atoms with Crippen molar-refractivity contribution in [3.05, 3.63) is 64.1 Å². The minimum Gasteiger partial charge on any atom is -0.512 e. The van der Waals surface area contributed by atoms with Crippen LogP contribution in [0, 0.1) is 10.8 Å². The summed E-state index contributed by atoms with van der Waals surface area (Å²) < 4.78 is 7.65. The minimum atomic E-state index is -0.164. The maximum Gasteiger partial charge on any atom is 0.139 e. The van der Waals surface area contributed by atoms with Crippen LogP contribution in [-0.2, 0) is 12.8 Å². The van der Waals surface area contributed by atoms with Crippen LogP contribution in [0.1, 0.15) is 78.6 Å². The van der Waals surface area contributed by atoms with E-state index in [1.807, 2.05) is 37.4 Å². The average molecular weight is 525 g/mol. The highest BCUT2D eigenvalue weighted by Crippen LogP contribution is 2.33. The Kier molecular flexibility index (Phi) is 8.63.